The highest BCUT2D eigenvalue weighted by Crippen LogP contribution is 2.21. The van der Waals surface area contributed by atoms with Crippen molar-refractivity contribution in [3.63, 3.8) is 0 Å². The molecule has 164 valence electrons. The molecule has 0 aliphatic rings. The van der Waals surface area contributed by atoms with Crippen LogP contribution in [0.4, 0.5) is 4.39 Å². The van der Waals surface area contributed by atoms with Crippen LogP contribution in [0, 0.1) is 17.6 Å². The van der Waals surface area contributed by atoms with E-state index in [-0.39, 0.29) is 18.0 Å². The van der Waals surface area contributed by atoms with Crippen LogP contribution < -0.4 is 4.74 Å². The molecule has 0 N–H and O–H groups in total. The minimum atomic E-state index is -0.884. The number of nitroso groups, excluding NO2 is 1. The summed E-state index contributed by atoms with van der Waals surface area (Å²) in [7, 11) is 0. The van der Waals surface area contributed by atoms with Crippen molar-refractivity contribution in [3.8, 4) is 11.7 Å². The van der Waals surface area contributed by atoms with Crippen molar-refractivity contribution >= 4 is 18.1 Å². The molecule has 0 unspecified atom stereocenters. The second-order valence-corrected chi connectivity index (χ2v) is 7.26. The van der Waals surface area contributed by atoms with Crippen LogP contribution in [0.1, 0.15) is 32.6 Å². The standard InChI is InChI=1S/C25H19FN4O3/c1-17-2-6-21(19(14-17)7-3-18-4-8-22(26)9-5-18)16-33-24-11-13-28-30(24)23-15-20(10-12-27-23)25(31)29-32/h2-15H,16H2,1H3/b7-3+. The Labute approximate surface area is 189 Å². The Balaban J connectivity index is 1.55. The molecule has 0 bridgehead atoms. The average Bonchev–Trinajstić information content (AvgIpc) is 3.31. The number of nitrogens with zero attached hydrogens (tertiary/aromatic N) is 4. The molecule has 2 aromatic heterocycles. The number of pyridine rings is 1. The van der Waals surface area contributed by atoms with Crippen molar-refractivity contribution in [2.24, 2.45) is 5.18 Å². The summed E-state index contributed by atoms with van der Waals surface area (Å²) in [5.41, 5.74) is 4.00. The largest absolute Gasteiger partial charge is 0.473 e. The Kier molecular flexibility index (Phi) is 6.45. The lowest BCUT2D eigenvalue weighted by Gasteiger charge is -2.11. The van der Waals surface area contributed by atoms with Gasteiger partial charge in [0.25, 0.3) is 0 Å². The zero-order valence-corrected chi connectivity index (χ0v) is 17.7. The van der Waals surface area contributed by atoms with E-state index < -0.39 is 5.91 Å². The Bertz CT molecular complexity index is 1330. The smallest absolute Gasteiger partial charge is 0.316 e. The summed E-state index contributed by atoms with van der Waals surface area (Å²) < 4.78 is 20.6. The molecule has 8 heteroatoms. The van der Waals surface area contributed by atoms with E-state index in [2.05, 4.69) is 15.3 Å². The number of rotatable bonds is 7. The summed E-state index contributed by atoms with van der Waals surface area (Å²) in [4.78, 5) is 26.3. The summed E-state index contributed by atoms with van der Waals surface area (Å²) >= 11 is 0. The summed E-state index contributed by atoms with van der Waals surface area (Å²) in [6.45, 7) is 2.26. The first kappa shape index (κ1) is 21.8. The molecule has 2 heterocycles. The van der Waals surface area contributed by atoms with Crippen molar-refractivity contribution in [1.82, 2.24) is 14.8 Å². The fourth-order valence-corrected chi connectivity index (χ4v) is 3.21. The van der Waals surface area contributed by atoms with Crippen molar-refractivity contribution < 1.29 is 13.9 Å². The number of aromatic nitrogens is 3. The van der Waals surface area contributed by atoms with E-state index in [1.807, 2.05) is 37.3 Å². The number of hydrogen-bond donors (Lipinski definition) is 0. The molecule has 0 atom stereocenters. The van der Waals surface area contributed by atoms with Crippen LogP contribution in [0.25, 0.3) is 18.0 Å². The minimum Gasteiger partial charge on any atom is -0.473 e. The maximum Gasteiger partial charge on any atom is 0.316 e. The van der Waals surface area contributed by atoms with Crippen LogP contribution in [0.2, 0.25) is 0 Å². The highest BCUT2D eigenvalue weighted by molar-refractivity contribution is 5.95. The summed E-state index contributed by atoms with van der Waals surface area (Å²) in [6, 6.07) is 16.8. The third-order valence-electron chi connectivity index (χ3n) is 4.90. The Morgan fingerprint density at radius 3 is 2.67 bits per heavy atom. The lowest BCUT2D eigenvalue weighted by molar-refractivity contribution is 0.100. The van der Waals surface area contributed by atoms with Crippen molar-refractivity contribution in [2.45, 2.75) is 13.5 Å². The molecule has 4 aromatic rings. The molecule has 0 spiro atoms. The summed E-state index contributed by atoms with van der Waals surface area (Å²) in [6.07, 6.45) is 6.82. The van der Waals surface area contributed by atoms with E-state index in [9.17, 15) is 14.1 Å². The SMILES string of the molecule is Cc1ccc(COc2ccnn2-c2cc(C(=O)N=O)ccn2)c(/C=C/c2ccc(F)cc2)c1. The van der Waals surface area contributed by atoms with Crippen LogP contribution >= 0.6 is 0 Å². The van der Waals surface area contributed by atoms with E-state index in [0.717, 1.165) is 22.3 Å². The number of hydrogen-bond acceptors (Lipinski definition) is 5. The van der Waals surface area contributed by atoms with Gasteiger partial charge in [0.15, 0.2) is 5.82 Å². The molecule has 0 saturated carbocycles. The van der Waals surface area contributed by atoms with Gasteiger partial charge in [-0.15, -0.1) is 4.91 Å². The van der Waals surface area contributed by atoms with Gasteiger partial charge in [0.05, 0.1) is 11.8 Å². The molecule has 0 fully saturated rings. The van der Waals surface area contributed by atoms with Gasteiger partial charge in [-0.2, -0.15) is 9.78 Å². The van der Waals surface area contributed by atoms with Gasteiger partial charge in [-0.1, -0.05) is 48.0 Å². The zero-order chi connectivity index (χ0) is 23.2. The third-order valence-corrected chi connectivity index (χ3v) is 4.90. The van der Waals surface area contributed by atoms with Crippen molar-refractivity contribution in [1.29, 1.82) is 0 Å². The topological polar surface area (TPSA) is 86.4 Å². The van der Waals surface area contributed by atoms with E-state index in [0.29, 0.717) is 11.7 Å². The number of carbonyl (C=O) groups excluding carboxylic acids is 1. The molecular weight excluding hydrogens is 423 g/mol. The highest BCUT2D eigenvalue weighted by Gasteiger charge is 2.12. The molecule has 0 saturated heterocycles. The van der Waals surface area contributed by atoms with E-state index in [4.69, 9.17) is 4.74 Å². The molecule has 7 nitrogen and oxygen atoms in total. The molecule has 33 heavy (non-hydrogen) atoms. The van der Waals surface area contributed by atoms with Crippen LogP contribution in [0.3, 0.4) is 0 Å². The molecule has 4 rings (SSSR count). The van der Waals surface area contributed by atoms with Gasteiger partial charge < -0.3 is 4.74 Å². The first-order chi connectivity index (χ1) is 16.0. The highest BCUT2D eigenvalue weighted by atomic mass is 19.1. The third kappa shape index (κ3) is 5.24. The second-order valence-electron chi connectivity index (χ2n) is 7.26. The van der Waals surface area contributed by atoms with Gasteiger partial charge in [0, 0.05) is 17.4 Å². The lowest BCUT2D eigenvalue weighted by Crippen LogP contribution is -2.07. The minimum absolute atomic E-state index is 0.114. The molecule has 0 aliphatic heterocycles. The van der Waals surface area contributed by atoms with Crippen molar-refractivity contribution in [3.05, 3.63) is 112 Å². The van der Waals surface area contributed by atoms with Crippen molar-refractivity contribution in [2.75, 3.05) is 0 Å². The Morgan fingerprint density at radius 2 is 1.88 bits per heavy atom. The van der Waals surface area contributed by atoms with Gasteiger partial charge in [-0.3, -0.25) is 4.79 Å². The number of aryl methyl sites for hydroxylation is 1. The van der Waals surface area contributed by atoms with Crippen LogP contribution in [0.15, 0.2) is 78.2 Å². The van der Waals surface area contributed by atoms with E-state index >= 15 is 0 Å². The Hall–Kier alpha value is -4.46. The fraction of sp³-hybridized carbons (Fsp3) is 0.0800. The molecular formula is C25H19FN4O3. The number of benzene rings is 2. The van der Waals surface area contributed by atoms with Gasteiger partial charge in [-0.05, 0) is 47.9 Å². The average molecular weight is 442 g/mol. The monoisotopic (exact) mass is 442 g/mol. The molecule has 1 amide bonds. The van der Waals surface area contributed by atoms with E-state index in [1.165, 1.54) is 35.1 Å². The quantitative estimate of drug-likeness (QED) is 0.284. The molecule has 0 radical (unpaired) electrons. The second kappa shape index (κ2) is 9.78. The van der Waals surface area contributed by atoms with Crippen LogP contribution in [-0.2, 0) is 6.61 Å². The van der Waals surface area contributed by atoms with Gasteiger partial charge in [-0.25, -0.2) is 9.37 Å². The fourth-order valence-electron chi connectivity index (χ4n) is 3.21. The number of carbonyl (C=O) groups is 1. The van der Waals surface area contributed by atoms with Gasteiger partial charge >= 0.3 is 5.91 Å². The maximum absolute atomic E-state index is 13.1. The summed E-state index contributed by atoms with van der Waals surface area (Å²) in [5.74, 6) is -0.421. The molecule has 2 aromatic carbocycles. The predicted molar refractivity (Wildman–Crippen MR) is 122 cm³/mol. The summed E-state index contributed by atoms with van der Waals surface area (Å²) in [5, 5.41) is 6.65. The van der Waals surface area contributed by atoms with E-state index in [1.54, 1.807) is 24.4 Å². The van der Waals surface area contributed by atoms with Gasteiger partial charge in [0.1, 0.15) is 12.4 Å². The first-order valence-corrected chi connectivity index (χ1v) is 10.1. The predicted octanol–water partition coefficient (Wildman–Crippen LogP) is 5.37. The van der Waals surface area contributed by atoms with Crippen LogP contribution in [-0.4, -0.2) is 20.7 Å². The number of amides is 1. The number of ether oxygens (including phenoxy) is 1. The maximum atomic E-state index is 13.1. The first-order valence-electron chi connectivity index (χ1n) is 10.1. The zero-order valence-electron chi connectivity index (χ0n) is 17.7. The van der Waals surface area contributed by atoms with Gasteiger partial charge in [0.2, 0.25) is 5.88 Å². The Morgan fingerprint density at radius 1 is 1.06 bits per heavy atom. The number of halogens is 1. The lowest BCUT2D eigenvalue weighted by atomic mass is 10.0. The normalized spacial score (nSPS) is 11.0. The van der Waals surface area contributed by atoms with Crippen LogP contribution in [0.5, 0.6) is 5.88 Å². The molecule has 0 aliphatic carbocycles.